The summed E-state index contributed by atoms with van der Waals surface area (Å²) in [4.78, 5) is 57.0. The van der Waals surface area contributed by atoms with Crippen molar-refractivity contribution in [2.24, 2.45) is 34.7 Å². The van der Waals surface area contributed by atoms with Gasteiger partial charge in [0.25, 0.3) is 0 Å². The van der Waals surface area contributed by atoms with Crippen molar-refractivity contribution in [3.05, 3.63) is 47.5 Å². The summed E-state index contributed by atoms with van der Waals surface area (Å²) < 4.78 is 21.9. The van der Waals surface area contributed by atoms with E-state index in [1.165, 1.54) is 0 Å². The molecule has 1 saturated carbocycles. The Hall–Kier alpha value is -3.41. The summed E-state index contributed by atoms with van der Waals surface area (Å²) in [6.07, 6.45) is 1.51. The molecule has 4 rings (SSSR count). The van der Waals surface area contributed by atoms with Crippen LogP contribution in [0.4, 0.5) is 0 Å². The summed E-state index contributed by atoms with van der Waals surface area (Å²) in [5.41, 5.74) is 2.15. The van der Waals surface area contributed by atoms with Gasteiger partial charge in [0.2, 0.25) is 0 Å². The van der Waals surface area contributed by atoms with Crippen LogP contribution in [-0.4, -0.2) is 73.1 Å². The topological polar surface area (TPSA) is 147 Å². The monoisotopic (exact) mass is 641 g/mol. The number of nitrogens with zero attached hydrogens (tertiary/aromatic N) is 1. The zero-order chi connectivity index (χ0) is 33.1. The molecule has 1 aliphatic heterocycles. The lowest BCUT2D eigenvalue weighted by molar-refractivity contribution is -0.158. The van der Waals surface area contributed by atoms with Crippen molar-refractivity contribution < 1.29 is 48.1 Å². The molecular weight excluding hydrogens is 594 g/mol. The SMILES string of the molecule is CCC(C)C(=O)OC1CC/C(=N\OCC2COCOC2)C2=CC(=O)C(C)C(CCC(=O)CC(O)CC(=O)OCc3ccccc3)C21. The fourth-order valence-electron chi connectivity index (χ4n) is 6.19. The Bertz CT molecular complexity index is 1260. The first-order valence-electron chi connectivity index (χ1n) is 16.4. The highest BCUT2D eigenvalue weighted by Gasteiger charge is 2.47. The highest BCUT2D eigenvalue weighted by atomic mass is 16.7. The van der Waals surface area contributed by atoms with Crippen molar-refractivity contribution >= 4 is 29.2 Å². The summed E-state index contributed by atoms with van der Waals surface area (Å²) in [6.45, 7) is 7.27. The number of fused-ring (bicyclic) bond motifs is 1. The Kier molecular flexibility index (Phi) is 13.5. The number of benzene rings is 1. The Morgan fingerprint density at radius 2 is 1.85 bits per heavy atom. The number of hydrogen-bond donors (Lipinski definition) is 1. The molecule has 2 fully saturated rings. The second-order valence-corrected chi connectivity index (χ2v) is 12.6. The van der Waals surface area contributed by atoms with Crippen molar-refractivity contribution in [1.29, 1.82) is 0 Å². The normalized spacial score (nSPS) is 25.6. The zero-order valence-electron chi connectivity index (χ0n) is 27.1. The number of aliphatic hydroxyl groups excluding tert-OH is 1. The first kappa shape index (κ1) is 35.4. The molecule has 11 nitrogen and oxygen atoms in total. The van der Waals surface area contributed by atoms with E-state index >= 15 is 0 Å². The summed E-state index contributed by atoms with van der Waals surface area (Å²) in [6, 6.07) is 9.20. The number of carbonyl (C=O) groups excluding carboxylic acids is 4. The molecule has 0 aromatic heterocycles. The number of esters is 2. The number of aliphatic hydroxyl groups is 1. The van der Waals surface area contributed by atoms with Gasteiger partial charge in [-0.3, -0.25) is 19.2 Å². The van der Waals surface area contributed by atoms with E-state index in [4.69, 9.17) is 23.8 Å². The number of ketones is 2. The Labute approximate surface area is 270 Å². The van der Waals surface area contributed by atoms with Gasteiger partial charge in [-0.15, -0.1) is 0 Å². The molecule has 0 spiro atoms. The maximum Gasteiger partial charge on any atom is 0.308 e. The number of carbonyl (C=O) groups is 4. The lowest BCUT2D eigenvalue weighted by Gasteiger charge is -2.43. The number of allylic oxidation sites excluding steroid dienone is 1. The van der Waals surface area contributed by atoms with Crippen molar-refractivity contribution in [1.82, 2.24) is 0 Å². The van der Waals surface area contributed by atoms with Crippen LogP contribution in [-0.2, 0) is 49.6 Å². The van der Waals surface area contributed by atoms with Gasteiger partial charge in [0.05, 0.1) is 37.4 Å². The Morgan fingerprint density at radius 3 is 2.57 bits per heavy atom. The molecule has 0 radical (unpaired) electrons. The van der Waals surface area contributed by atoms with Crippen LogP contribution in [0.2, 0.25) is 0 Å². The number of oxime groups is 1. The molecule has 1 aromatic carbocycles. The van der Waals surface area contributed by atoms with Crippen LogP contribution >= 0.6 is 0 Å². The maximum atomic E-state index is 13.2. The fraction of sp³-hybridized carbons (Fsp3) is 0.629. The van der Waals surface area contributed by atoms with Crippen LogP contribution in [0.15, 0.2) is 47.1 Å². The molecule has 252 valence electrons. The van der Waals surface area contributed by atoms with Crippen molar-refractivity contribution in [3.8, 4) is 0 Å². The third-order valence-corrected chi connectivity index (χ3v) is 9.11. The minimum atomic E-state index is -1.17. The minimum Gasteiger partial charge on any atom is -0.461 e. The quantitative estimate of drug-likeness (QED) is 0.217. The second-order valence-electron chi connectivity index (χ2n) is 12.6. The van der Waals surface area contributed by atoms with E-state index in [1.807, 2.05) is 51.1 Å². The third kappa shape index (κ3) is 10.0. The zero-order valence-corrected chi connectivity index (χ0v) is 27.1. The molecule has 6 unspecified atom stereocenters. The maximum absolute atomic E-state index is 13.2. The average Bonchev–Trinajstić information content (AvgIpc) is 3.05. The summed E-state index contributed by atoms with van der Waals surface area (Å²) in [5.74, 6) is -2.47. The van der Waals surface area contributed by atoms with E-state index in [1.54, 1.807) is 6.08 Å². The van der Waals surface area contributed by atoms with Crippen LogP contribution in [0.25, 0.3) is 0 Å². The molecule has 0 amide bonds. The van der Waals surface area contributed by atoms with E-state index in [0.29, 0.717) is 56.8 Å². The van der Waals surface area contributed by atoms with Gasteiger partial charge >= 0.3 is 11.9 Å². The molecule has 1 heterocycles. The van der Waals surface area contributed by atoms with E-state index in [-0.39, 0.29) is 73.9 Å². The fourth-order valence-corrected chi connectivity index (χ4v) is 6.19. The van der Waals surface area contributed by atoms with E-state index in [0.717, 1.165) is 5.56 Å². The summed E-state index contributed by atoms with van der Waals surface area (Å²) >= 11 is 0. The van der Waals surface area contributed by atoms with Gasteiger partial charge in [0.15, 0.2) is 5.78 Å². The van der Waals surface area contributed by atoms with Gasteiger partial charge in [-0.2, -0.15) is 0 Å². The van der Waals surface area contributed by atoms with Gasteiger partial charge in [-0.1, -0.05) is 56.3 Å². The Morgan fingerprint density at radius 1 is 1.11 bits per heavy atom. The lowest BCUT2D eigenvalue weighted by atomic mass is 9.63. The first-order chi connectivity index (χ1) is 22.2. The molecule has 1 aromatic rings. The first-order valence-corrected chi connectivity index (χ1v) is 16.4. The summed E-state index contributed by atoms with van der Waals surface area (Å²) in [5, 5.41) is 14.9. The van der Waals surface area contributed by atoms with Crippen LogP contribution in [0.5, 0.6) is 0 Å². The van der Waals surface area contributed by atoms with Crippen molar-refractivity contribution in [2.75, 3.05) is 26.6 Å². The van der Waals surface area contributed by atoms with E-state index < -0.39 is 24.1 Å². The van der Waals surface area contributed by atoms with Crippen LogP contribution in [0.1, 0.15) is 71.3 Å². The average molecular weight is 642 g/mol. The molecule has 3 aliphatic rings. The molecule has 1 N–H and O–H groups in total. The van der Waals surface area contributed by atoms with Crippen molar-refractivity contribution in [3.63, 3.8) is 0 Å². The molecule has 46 heavy (non-hydrogen) atoms. The molecule has 1 saturated heterocycles. The van der Waals surface area contributed by atoms with Crippen LogP contribution < -0.4 is 0 Å². The van der Waals surface area contributed by atoms with Crippen LogP contribution in [0, 0.1) is 29.6 Å². The highest BCUT2D eigenvalue weighted by molar-refractivity contribution is 6.08. The smallest absolute Gasteiger partial charge is 0.308 e. The van der Waals surface area contributed by atoms with E-state index in [2.05, 4.69) is 5.16 Å². The molecule has 11 heteroatoms. The standard InChI is InChI=1S/C35H47NO10/c1-4-22(2)35(41)46-32-13-12-30(36-45-20-25-17-42-21-43-18-25)29-16-31(39)23(3)28(34(29)32)11-10-26(37)14-27(38)15-33(40)44-19-24-8-6-5-7-9-24/h5-9,16,22-23,25,27-28,32,34,38H,4,10-15,17-21H2,1-3H3/b36-30+. The van der Waals surface area contributed by atoms with Crippen molar-refractivity contribution in [2.45, 2.75) is 84.5 Å². The number of ether oxygens (including phenoxy) is 4. The Balaban J connectivity index is 1.40. The minimum absolute atomic E-state index is 0.0449. The molecule has 0 bridgehead atoms. The van der Waals surface area contributed by atoms with Gasteiger partial charge in [0, 0.05) is 30.6 Å². The van der Waals surface area contributed by atoms with E-state index in [9.17, 15) is 24.3 Å². The number of rotatable bonds is 15. The number of hydrogen-bond acceptors (Lipinski definition) is 11. The third-order valence-electron chi connectivity index (χ3n) is 9.11. The van der Waals surface area contributed by atoms with Gasteiger partial charge in [-0.05, 0) is 48.8 Å². The molecule has 6 atom stereocenters. The predicted octanol–water partition coefficient (Wildman–Crippen LogP) is 4.34. The largest absolute Gasteiger partial charge is 0.461 e. The highest BCUT2D eigenvalue weighted by Crippen LogP contribution is 2.44. The summed E-state index contributed by atoms with van der Waals surface area (Å²) in [7, 11) is 0. The second kappa shape index (κ2) is 17.5. The predicted molar refractivity (Wildman–Crippen MR) is 167 cm³/mol. The molecular formula is C35H47NO10. The van der Waals surface area contributed by atoms with Gasteiger partial charge < -0.3 is 28.9 Å². The number of Topliss-reactive ketones (excluding diaryl/α,β-unsaturated/α-hetero) is 1. The van der Waals surface area contributed by atoms with Gasteiger partial charge in [-0.25, -0.2) is 0 Å². The van der Waals surface area contributed by atoms with Gasteiger partial charge in [0.1, 0.15) is 31.9 Å². The molecule has 2 aliphatic carbocycles. The van der Waals surface area contributed by atoms with Crippen LogP contribution in [0.3, 0.4) is 0 Å². The lowest BCUT2D eigenvalue weighted by Crippen LogP contribution is -2.46.